The number of carbonyl (C=O) groups is 3. The van der Waals surface area contributed by atoms with Crippen LogP contribution in [0.25, 0.3) is 0 Å². The number of hydrogen-bond acceptors (Lipinski definition) is 7. The minimum atomic E-state index is -1.62. The quantitative estimate of drug-likeness (QED) is 0.231. The normalized spacial score (nSPS) is 17.1. The molecule has 5 N–H and O–H groups in total. The lowest BCUT2D eigenvalue weighted by molar-refractivity contribution is -0.147. The fraction of sp³-hybridized carbons (Fsp3) is 0.400. The first-order valence-electron chi connectivity index (χ1n) is 15.1. The zero-order valence-electron chi connectivity index (χ0n) is 26.8. The van der Waals surface area contributed by atoms with Crippen LogP contribution in [0.3, 0.4) is 0 Å². The number of ether oxygens (including phenoxy) is 1. The Labute approximate surface area is 269 Å². The van der Waals surface area contributed by atoms with Gasteiger partial charge in [-0.3, -0.25) is 14.4 Å². The number of nitrogens with two attached hydrogens (primary N) is 1. The highest BCUT2D eigenvalue weighted by Crippen LogP contribution is 2.40. The summed E-state index contributed by atoms with van der Waals surface area (Å²) in [6.45, 7) is 11.8. The first kappa shape index (κ1) is 33.9. The van der Waals surface area contributed by atoms with Crippen LogP contribution in [0.1, 0.15) is 60.3 Å². The Bertz CT molecular complexity index is 1520. The maximum absolute atomic E-state index is 14.0. The Kier molecular flexibility index (Phi) is 10.8. The summed E-state index contributed by atoms with van der Waals surface area (Å²) in [5.74, 6) is -0.469. The van der Waals surface area contributed by atoms with Crippen molar-refractivity contribution in [3.8, 4) is 5.75 Å². The molecule has 1 aliphatic heterocycles. The maximum atomic E-state index is 14.0. The van der Waals surface area contributed by atoms with Crippen LogP contribution in [-0.4, -0.2) is 62.6 Å². The number of amides is 3. The molecule has 0 saturated carbocycles. The van der Waals surface area contributed by atoms with Gasteiger partial charge in [0.05, 0.1) is 18.0 Å². The molecule has 1 fully saturated rings. The van der Waals surface area contributed by atoms with Gasteiger partial charge in [-0.2, -0.15) is 0 Å². The lowest BCUT2D eigenvalue weighted by Gasteiger charge is -2.33. The molecule has 1 heterocycles. The monoisotopic (exact) mass is 632 g/mol. The molecule has 3 amide bonds. The van der Waals surface area contributed by atoms with E-state index in [1.807, 2.05) is 83.1 Å². The summed E-state index contributed by atoms with van der Waals surface area (Å²) in [5.41, 5.74) is 10.3. The van der Waals surface area contributed by atoms with Gasteiger partial charge >= 0.3 is 0 Å². The molecule has 0 radical (unpaired) electrons. The van der Waals surface area contributed by atoms with E-state index in [-0.39, 0.29) is 24.3 Å². The standard InChI is InChI=1S/C35H44N4O5S/c1-21(2)44-26-16-14-24(15-17-26)18-29(38-32(41)27-12-9-13-28(36)23(27)4)30(40)34(43)39-20-45-35(5,6)31(39)33(42)37-19-25-11-8-7-10-22(25)3/h7-17,21,29-31,40H,18-20,36H2,1-6H3,(H,37,42)(H,38,41)/t29-,30-,31?/m0/s1. The van der Waals surface area contributed by atoms with Crippen molar-refractivity contribution in [3.63, 3.8) is 0 Å². The van der Waals surface area contributed by atoms with Gasteiger partial charge in [-0.15, -0.1) is 11.8 Å². The maximum Gasteiger partial charge on any atom is 0.254 e. The van der Waals surface area contributed by atoms with Crippen molar-refractivity contribution in [3.05, 3.63) is 94.5 Å². The summed E-state index contributed by atoms with van der Waals surface area (Å²) >= 11 is 1.47. The molecule has 1 aliphatic rings. The number of hydrogen-bond donors (Lipinski definition) is 4. The van der Waals surface area contributed by atoms with Gasteiger partial charge < -0.3 is 31.1 Å². The number of aliphatic hydroxyl groups is 1. The molecule has 0 aliphatic carbocycles. The Morgan fingerprint density at radius 3 is 2.40 bits per heavy atom. The van der Waals surface area contributed by atoms with E-state index in [0.717, 1.165) is 16.7 Å². The summed E-state index contributed by atoms with van der Waals surface area (Å²) in [5, 5.41) is 17.5. The van der Waals surface area contributed by atoms with Gasteiger partial charge in [0.25, 0.3) is 11.8 Å². The number of rotatable bonds is 11. The molecule has 3 aromatic rings. The van der Waals surface area contributed by atoms with Crippen LogP contribution in [0.2, 0.25) is 0 Å². The Hall–Kier alpha value is -4.02. The van der Waals surface area contributed by atoms with Crippen LogP contribution in [0.4, 0.5) is 5.69 Å². The van der Waals surface area contributed by atoms with Crippen molar-refractivity contribution < 1.29 is 24.2 Å². The zero-order valence-corrected chi connectivity index (χ0v) is 27.6. The fourth-order valence-electron chi connectivity index (χ4n) is 5.46. The molecule has 1 unspecified atom stereocenters. The largest absolute Gasteiger partial charge is 0.491 e. The second-order valence-corrected chi connectivity index (χ2v) is 13.9. The summed E-state index contributed by atoms with van der Waals surface area (Å²) < 4.78 is 5.15. The van der Waals surface area contributed by atoms with Crippen LogP contribution in [0, 0.1) is 13.8 Å². The third kappa shape index (κ3) is 8.18. The summed E-state index contributed by atoms with van der Waals surface area (Å²) in [6.07, 6.45) is -1.45. The number of thioether (sulfide) groups is 1. The van der Waals surface area contributed by atoms with E-state index in [1.54, 1.807) is 25.1 Å². The number of anilines is 1. The van der Waals surface area contributed by atoms with E-state index in [0.29, 0.717) is 29.1 Å². The van der Waals surface area contributed by atoms with Gasteiger partial charge in [-0.1, -0.05) is 42.5 Å². The lowest BCUT2D eigenvalue weighted by Crippen LogP contribution is -2.58. The van der Waals surface area contributed by atoms with Crippen LogP contribution >= 0.6 is 11.8 Å². The highest BCUT2D eigenvalue weighted by molar-refractivity contribution is 8.00. The third-order valence-electron chi connectivity index (χ3n) is 8.11. The van der Waals surface area contributed by atoms with E-state index >= 15 is 0 Å². The number of nitrogens with one attached hydrogen (secondary N) is 2. The van der Waals surface area contributed by atoms with Crippen molar-refractivity contribution in [2.24, 2.45) is 0 Å². The SMILES string of the molecule is Cc1ccccc1CNC(=O)C1N(C(=O)[C@@H](O)[C@H](Cc2ccc(OC(C)C)cc2)NC(=O)c2cccc(N)c2C)CSC1(C)C. The molecule has 0 spiro atoms. The van der Waals surface area contributed by atoms with E-state index in [4.69, 9.17) is 10.5 Å². The number of aliphatic hydroxyl groups excluding tert-OH is 1. The van der Waals surface area contributed by atoms with Gasteiger partial charge in [0.2, 0.25) is 5.91 Å². The number of benzene rings is 3. The molecule has 3 atom stereocenters. The Morgan fingerprint density at radius 1 is 1.04 bits per heavy atom. The molecule has 10 heteroatoms. The summed E-state index contributed by atoms with van der Waals surface area (Å²) in [6, 6.07) is 18.3. The Morgan fingerprint density at radius 2 is 1.73 bits per heavy atom. The van der Waals surface area contributed by atoms with Crippen LogP contribution < -0.4 is 21.1 Å². The zero-order chi connectivity index (χ0) is 32.9. The lowest BCUT2D eigenvalue weighted by atomic mass is 9.96. The van der Waals surface area contributed by atoms with Crippen molar-refractivity contribution >= 4 is 35.2 Å². The molecule has 0 aromatic heterocycles. The molecular formula is C35H44N4O5S. The molecule has 3 aromatic carbocycles. The highest BCUT2D eigenvalue weighted by Gasteiger charge is 2.49. The van der Waals surface area contributed by atoms with Crippen molar-refractivity contribution in [1.29, 1.82) is 0 Å². The minimum absolute atomic E-state index is 0.00771. The molecule has 45 heavy (non-hydrogen) atoms. The topological polar surface area (TPSA) is 134 Å². The molecular weight excluding hydrogens is 588 g/mol. The van der Waals surface area contributed by atoms with Crippen LogP contribution in [-0.2, 0) is 22.6 Å². The second-order valence-electron chi connectivity index (χ2n) is 12.3. The molecule has 0 bridgehead atoms. The number of nitrogen functional groups attached to an aromatic ring is 1. The average Bonchev–Trinajstić information content (AvgIpc) is 3.32. The van der Waals surface area contributed by atoms with E-state index in [9.17, 15) is 19.5 Å². The van der Waals surface area contributed by atoms with Gasteiger partial charge in [-0.05, 0) is 94.5 Å². The third-order valence-corrected chi connectivity index (χ3v) is 9.49. The molecule has 9 nitrogen and oxygen atoms in total. The molecule has 4 rings (SSSR count). The van der Waals surface area contributed by atoms with Crippen molar-refractivity contribution in [1.82, 2.24) is 15.5 Å². The van der Waals surface area contributed by atoms with E-state index in [1.165, 1.54) is 16.7 Å². The number of carbonyl (C=O) groups excluding carboxylic acids is 3. The fourth-order valence-corrected chi connectivity index (χ4v) is 6.60. The van der Waals surface area contributed by atoms with Crippen LogP contribution in [0.15, 0.2) is 66.7 Å². The molecule has 1 saturated heterocycles. The first-order chi connectivity index (χ1) is 21.3. The van der Waals surface area contributed by atoms with Gasteiger partial charge in [0.15, 0.2) is 6.10 Å². The second kappa shape index (κ2) is 14.4. The van der Waals surface area contributed by atoms with Gasteiger partial charge in [0, 0.05) is 22.5 Å². The van der Waals surface area contributed by atoms with Gasteiger partial charge in [-0.25, -0.2) is 0 Å². The summed E-state index contributed by atoms with van der Waals surface area (Å²) in [7, 11) is 0. The number of nitrogens with zero attached hydrogens (tertiary/aromatic N) is 1. The Balaban J connectivity index is 1.58. The minimum Gasteiger partial charge on any atom is -0.491 e. The van der Waals surface area contributed by atoms with Crippen molar-refractivity contribution in [2.45, 2.75) is 83.5 Å². The summed E-state index contributed by atoms with van der Waals surface area (Å²) in [4.78, 5) is 42.5. The predicted molar refractivity (Wildman–Crippen MR) is 179 cm³/mol. The average molecular weight is 633 g/mol. The van der Waals surface area contributed by atoms with Gasteiger partial charge in [0.1, 0.15) is 11.8 Å². The first-order valence-corrected chi connectivity index (χ1v) is 16.1. The predicted octanol–water partition coefficient (Wildman–Crippen LogP) is 4.37. The number of aryl methyl sites for hydroxylation is 1. The highest BCUT2D eigenvalue weighted by atomic mass is 32.2. The smallest absolute Gasteiger partial charge is 0.254 e. The van der Waals surface area contributed by atoms with Crippen molar-refractivity contribution in [2.75, 3.05) is 11.6 Å². The van der Waals surface area contributed by atoms with E-state index < -0.39 is 34.7 Å². The molecule has 240 valence electrons. The van der Waals surface area contributed by atoms with E-state index in [2.05, 4.69) is 10.6 Å². The van der Waals surface area contributed by atoms with Crippen LogP contribution in [0.5, 0.6) is 5.75 Å².